The van der Waals surface area contributed by atoms with E-state index in [0.717, 1.165) is 18.0 Å². The highest BCUT2D eigenvalue weighted by molar-refractivity contribution is 5.93. The number of methoxy groups -OCH3 is 1. The summed E-state index contributed by atoms with van der Waals surface area (Å²) in [6.07, 6.45) is 0. The number of nitrogens with zero attached hydrogens (tertiary/aromatic N) is 2. The van der Waals surface area contributed by atoms with E-state index in [4.69, 9.17) is 9.26 Å². The van der Waals surface area contributed by atoms with Crippen molar-refractivity contribution in [3.8, 4) is 5.75 Å². The Morgan fingerprint density at radius 3 is 2.82 bits per heavy atom. The lowest BCUT2D eigenvalue weighted by Crippen LogP contribution is -2.32. The number of nitrogens with one attached hydrogen (secondary N) is 1. The van der Waals surface area contributed by atoms with Crippen LogP contribution in [0.15, 0.2) is 34.9 Å². The molecule has 0 atom stereocenters. The van der Waals surface area contributed by atoms with E-state index in [1.54, 1.807) is 7.11 Å². The van der Waals surface area contributed by atoms with Crippen LogP contribution in [0.3, 0.4) is 0 Å². The maximum absolute atomic E-state index is 12.2. The second-order valence-electron chi connectivity index (χ2n) is 4.98. The standard InChI is InChI=1S/C16H21N3O3/c1-4-19(10-13-9-12(2)22-18-13)11-16(20)17-14-7-5-6-8-15(14)21-3/h5-9H,4,10-11H2,1-3H3,(H,17,20). The Morgan fingerprint density at radius 1 is 1.41 bits per heavy atom. The Morgan fingerprint density at radius 2 is 2.18 bits per heavy atom. The van der Waals surface area contributed by atoms with Crippen molar-refractivity contribution in [1.82, 2.24) is 10.1 Å². The van der Waals surface area contributed by atoms with Crippen molar-refractivity contribution in [3.63, 3.8) is 0 Å². The third-order valence-corrected chi connectivity index (χ3v) is 3.26. The minimum absolute atomic E-state index is 0.0911. The van der Waals surface area contributed by atoms with Crippen molar-refractivity contribution in [3.05, 3.63) is 41.8 Å². The first-order valence-corrected chi connectivity index (χ1v) is 7.19. The summed E-state index contributed by atoms with van der Waals surface area (Å²) >= 11 is 0. The summed E-state index contributed by atoms with van der Waals surface area (Å²) in [6, 6.07) is 9.22. The summed E-state index contributed by atoms with van der Waals surface area (Å²) in [4.78, 5) is 14.2. The molecule has 1 heterocycles. The summed E-state index contributed by atoms with van der Waals surface area (Å²) < 4.78 is 10.3. The third-order valence-electron chi connectivity index (χ3n) is 3.26. The van der Waals surface area contributed by atoms with Crippen LogP contribution in [0.4, 0.5) is 5.69 Å². The van der Waals surface area contributed by atoms with Gasteiger partial charge in [0, 0.05) is 12.6 Å². The van der Waals surface area contributed by atoms with Crippen molar-refractivity contribution in [2.45, 2.75) is 20.4 Å². The van der Waals surface area contributed by atoms with Crippen molar-refractivity contribution < 1.29 is 14.1 Å². The Bertz CT molecular complexity index is 625. The lowest BCUT2D eigenvalue weighted by molar-refractivity contribution is -0.117. The molecule has 0 spiro atoms. The van der Waals surface area contributed by atoms with Crippen molar-refractivity contribution in [1.29, 1.82) is 0 Å². The summed E-state index contributed by atoms with van der Waals surface area (Å²) in [6.45, 7) is 5.45. The number of anilines is 1. The molecule has 0 aliphatic rings. The van der Waals surface area contributed by atoms with Crippen molar-refractivity contribution in [2.75, 3.05) is 25.5 Å². The van der Waals surface area contributed by atoms with E-state index >= 15 is 0 Å². The molecule has 2 aromatic rings. The monoisotopic (exact) mass is 303 g/mol. The van der Waals surface area contributed by atoms with Crippen LogP contribution in [0.2, 0.25) is 0 Å². The molecule has 0 saturated heterocycles. The van der Waals surface area contributed by atoms with Gasteiger partial charge in [-0.15, -0.1) is 0 Å². The van der Waals surface area contributed by atoms with Crippen LogP contribution >= 0.6 is 0 Å². The van der Waals surface area contributed by atoms with Gasteiger partial charge in [-0.3, -0.25) is 9.69 Å². The quantitative estimate of drug-likeness (QED) is 0.851. The fourth-order valence-corrected chi connectivity index (χ4v) is 2.14. The number of aromatic nitrogens is 1. The van der Waals surface area contributed by atoms with Gasteiger partial charge in [0.15, 0.2) is 0 Å². The van der Waals surface area contributed by atoms with Gasteiger partial charge in [-0.05, 0) is 25.6 Å². The Balaban J connectivity index is 1.94. The van der Waals surface area contributed by atoms with Crippen molar-refractivity contribution >= 4 is 11.6 Å². The summed E-state index contributed by atoms with van der Waals surface area (Å²) in [5, 5.41) is 6.82. The minimum atomic E-state index is -0.0911. The molecule has 6 nitrogen and oxygen atoms in total. The topological polar surface area (TPSA) is 67.6 Å². The molecule has 0 aliphatic heterocycles. The largest absolute Gasteiger partial charge is 0.495 e. The number of hydrogen-bond donors (Lipinski definition) is 1. The van der Waals surface area contributed by atoms with Gasteiger partial charge in [0.1, 0.15) is 11.5 Å². The zero-order valence-corrected chi connectivity index (χ0v) is 13.1. The lowest BCUT2D eigenvalue weighted by atomic mass is 10.3. The molecule has 0 aliphatic carbocycles. The number of aryl methyl sites for hydroxylation is 1. The molecule has 1 amide bonds. The number of carbonyl (C=O) groups excluding carboxylic acids is 1. The number of para-hydroxylation sites is 2. The second kappa shape index (κ2) is 7.61. The molecule has 22 heavy (non-hydrogen) atoms. The summed E-state index contributed by atoms with van der Waals surface area (Å²) in [5.41, 5.74) is 1.49. The van der Waals surface area contributed by atoms with Crippen LogP contribution in [-0.4, -0.2) is 36.2 Å². The maximum Gasteiger partial charge on any atom is 0.238 e. The predicted octanol–water partition coefficient (Wildman–Crippen LogP) is 2.45. The molecule has 0 fully saturated rings. The van der Waals surface area contributed by atoms with Gasteiger partial charge in [0.25, 0.3) is 0 Å². The summed E-state index contributed by atoms with van der Waals surface area (Å²) in [7, 11) is 1.58. The predicted molar refractivity (Wildman–Crippen MR) is 83.8 cm³/mol. The zero-order valence-electron chi connectivity index (χ0n) is 13.1. The molecule has 1 aromatic heterocycles. The fourth-order valence-electron chi connectivity index (χ4n) is 2.14. The van der Waals surface area contributed by atoms with E-state index < -0.39 is 0 Å². The van der Waals surface area contributed by atoms with Gasteiger partial charge in [0.2, 0.25) is 5.91 Å². The zero-order chi connectivity index (χ0) is 15.9. The first kappa shape index (κ1) is 16.0. The molecule has 0 bridgehead atoms. The number of benzene rings is 1. The molecule has 1 aromatic carbocycles. The molecule has 0 radical (unpaired) electrons. The lowest BCUT2D eigenvalue weighted by Gasteiger charge is -2.18. The molecule has 2 rings (SSSR count). The van der Waals surface area contributed by atoms with Crippen LogP contribution in [-0.2, 0) is 11.3 Å². The molecule has 0 saturated carbocycles. The average Bonchev–Trinajstić information content (AvgIpc) is 2.92. The number of hydrogen-bond acceptors (Lipinski definition) is 5. The van der Waals surface area contributed by atoms with E-state index in [-0.39, 0.29) is 12.5 Å². The second-order valence-corrected chi connectivity index (χ2v) is 4.98. The van der Waals surface area contributed by atoms with Crippen LogP contribution in [0.25, 0.3) is 0 Å². The summed E-state index contributed by atoms with van der Waals surface area (Å²) in [5.74, 6) is 1.32. The van der Waals surface area contributed by atoms with Crippen LogP contribution < -0.4 is 10.1 Å². The number of likely N-dealkylation sites (N-methyl/N-ethyl adjacent to an activating group) is 1. The van der Waals surface area contributed by atoms with Crippen LogP contribution in [0.1, 0.15) is 18.4 Å². The van der Waals surface area contributed by atoms with Gasteiger partial charge >= 0.3 is 0 Å². The first-order chi connectivity index (χ1) is 10.6. The highest BCUT2D eigenvalue weighted by Gasteiger charge is 2.13. The smallest absolute Gasteiger partial charge is 0.238 e. The first-order valence-electron chi connectivity index (χ1n) is 7.19. The van der Waals surface area contributed by atoms with Gasteiger partial charge in [-0.25, -0.2) is 0 Å². The minimum Gasteiger partial charge on any atom is -0.495 e. The highest BCUT2D eigenvalue weighted by atomic mass is 16.5. The SMILES string of the molecule is CCN(CC(=O)Nc1ccccc1OC)Cc1cc(C)on1. The maximum atomic E-state index is 12.2. The van der Waals surface area contributed by atoms with E-state index in [2.05, 4.69) is 10.5 Å². The third kappa shape index (κ3) is 4.33. The van der Waals surface area contributed by atoms with Crippen molar-refractivity contribution in [2.24, 2.45) is 0 Å². The molecular formula is C16H21N3O3. The van der Waals surface area contributed by atoms with E-state index in [1.165, 1.54) is 0 Å². The molecule has 6 heteroatoms. The number of rotatable bonds is 7. The highest BCUT2D eigenvalue weighted by Crippen LogP contribution is 2.22. The molecular weight excluding hydrogens is 282 g/mol. The van der Waals surface area contributed by atoms with E-state index in [1.807, 2.05) is 49.1 Å². The van der Waals surface area contributed by atoms with Gasteiger partial charge in [-0.2, -0.15) is 0 Å². The van der Waals surface area contributed by atoms with Crippen LogP contribution in [0, 0.1) is 6.92 Å². The van der Waals surface area contributed by atoms with E-state index in [0.29, 0.717) is 18.0 Å². The molecule has 1 N–H and O–H groups in total. The Hall–Kier alpha value is -2.34. The van der Waals surface area contributed by atoms with E-state index in [9.17, 15) is 4.79 Å². The van der Waals surface area contributed by atoms with Gasteiger partial charge < -0.3 is 14.6 Å². The van der Waals surface area contributed by atoms with Crippen LogP contribution in [0.5, 0.6) is 5.75 Å². The van der Waals surface area contributed by atoms with Gasteiger partial charge in [0.05, 0.1) is 25.0 Å². The van der Waals surface area contributed by atoms with Gasteiger partial charge in [-0.1, -0.05) is 24.2 Å². The average molecular weight is 303 g/mol. The molecule has 118 valence electrons. The fraction of sp³-hybridized carbons (Fsp3) is 0.375. The Labute approximate surface area is 130 Å². The number of ether oxygens (including phenoxy) is 1. The number of amides is 1. The Kier molecular flexibility index (Phi) is 5.55. The number of carbonyl (C=O) groups is 1. The normalized spacial score (nSPS) is 10.7. The molecule has 0 unspecified atom stereocenters.